The van der Waals surface area contributed by atoms with E-state index in [2.05, 4.69) is 63.1 Å². The minimum atomic E-state index is -2.55. The average Bonchev–Trinajstić information content (AvgIpc) is 2.71. The summed E-state index contributed by atoms with van der Waals surface area (Å²) in [5.41, 5.74) is -0.641. The topological polar surface area (TPSA) is 96.3 Å². The van der Waals surface area contributed by atoms with Gasteiger partial charge in [-0.1, -0.05) is 44.5 Å². The standard InChI is InChI=1S/C15H28ClNOSi.C9H10FNO4S/c1-12-10-14(16)8-9-17(12)13(2)11-18-19(6,7)15(3,4)5;10-9(4-5-11-16(14)15)3-1-2-7(6-9)8(12)13/h8,10,13H,9,11H2,1-7H3;1-3H,4-6H2,(H,12,13). The highest BCUT2D eigenvalue weighted by Crippen LogP contribution is 2.37. The largest absolute Gasteiger partial charge is 0.478 e. The van der Waals surface area contributed by atoms with E-state index >= 15 is 0 Å². The van der Waals surface area contributed by atoms with Gasteiger partial charge >= 0.3 is 16.5 Å². The predicted octanol–water partition coefficient (Wildman–Crippen LogP) is 5.86. The minimum absolute atomic E-state index is 0.0340. The van der Waals surface area contributed by atoms with E-state index in [-0.39, 0.29) is 30.0 Å². The molecule has 2 unspecified atom stereocenters. The van der Waals surface area contributed by atoms with Crippen molar-refractivity contribution >= 4 is 36.4 Å². The molecule has 1 aliphatic carbocycles. The summed E-state index contributed by atoms with van der Waals surface area (Å²) in [5.74, 6) is -1.17. The molecule has 0 amide bonds. The Morgan fingerprint density at radius 2 is 2.03 bits per heavy atom. The van der Waals surface area contributed by atoms with Crippen LogP contribution in [0.4, 0.5) is 4.39 Å². The number of hydrogen-bond acceptors (Lipinski definition) is 6. The molecule has 0 saturated heterocycles. The van der Waals surface area contributed by atoms with E-state index in [9.17, 15) is 17.6 Å². The summed E-state index contributed by atoms with van der Waals surface area (Å²) in [7, 11) is -4.21. The second kappa shape index (κ2) is 13.0. The lowest BCUT2D eigenvalue weighted by molar-refractivity contribution is -0.133. The Hall–Kier alpha value is -1.75. The van der Waals surface area contributed by atoms with Crippen LogP contribution in [0.2, 0.25) is 18.1 Å². The second-order valence-corrected chi connectivity index (χ2v) is 16.3. The lowest BCUT2D eigenvalue weighted by Crippen LogP contribution is -2.45. The molecular weight excluding hydrogens is 511 g/mol. The highest BCUT2D eigenvalue weighted by Gasteiger charge is 2.37. The molecule has 7 nitrogen and oxygen atoms in total. The van der Waals surface area contributed by atoms with Crippen molar-refractivity contribution in [2.45, 2.75) is 77.3 Å². The van der Waals surface area contributed by atoms with Gasteiger partial charge < -0.3 is 14.4 Å². The summed E-state index contributed by atoms with van der Waals surface area (Å²) in [5, 5.41) is 9.80. The monoisotopic (exact) mass is 548 g/mol. The first-order chi connectivity index (χ1) is 16.0. The van der Waals surface area contributed by atoms with E-state index in [4.69, 9.17) is 21.1 Å². The first-order valence-corrected chi connectivity index (χ1v) is 15.8. The maximum atomic E-state index is 14.0. The Morgan fingerprint density at radius 3 is 2.54 bits per heavy atom. The van der Waals surface area contributed by atoms with Crippen LogP contribution in [-0.4, -0.2) is 64.1 Å². The van der Waals surface area contributed by atoms with Crippen molar-refractivity contribution in [2.24, 2.45) is 4.36 Å². The smallest absolute Gasteiger partial charge is 0.331 e. The molecule has 2 rings (SSSR count). The van der Waals surface area contributed by atoms with E-state index in [1.54, 1.807) is 0 Å². The van der Waals surface area contributed by atoms with E-state index in [1.807, 2.05) is 6.08 Å². The number of hydrogen-bond donors (Lipinski definition) is 1. The van der Waals surface area contributed by atoms with Gasteiger partial charge in [-0.05, 0) is 50.2 Å². The molecular formula is C24H38ClFN2O5SSi. The van der Waals surface area contributed by atoms with Crippen molar-refractivity contribution in [3.05, 3.63) is 46.7 Å². The average molecular weight is 549 g/mol. The SMILES string of the molecule is CC1=CC(Cl)=CCN1C(C)CO[Si](C)(C)C(C)(C)C.O=C(O)C1=CC=CC(F)(CCN=S(=O)=O)C1. The molecule has 0 spiro atoms. The van der Waals surface area contributed by atoms with Crippen LogP contribution in [-0.2, 0) is 19.7 Å². The van der Waals surface area contributed by atoms with Crippen LogP contribution >= 0.6 is 11.6 Å². The zero-order valence-electron chi connectivity index (χ0n) is 21.6. The van der Waals surface area contributed by atoms with Crippen LogP contribution in [0.5, 0.6) is 0 Å². The van der Waals surface area contributed by atoms with Gasteiger partial charge in [0, 0.05) is 41.7 Å². The van der Waals surface area contributed by atoms with Crippen molar-refractivity contribution in [1.29, 1.82) is 0 Å². The highest BCUT2D eigenvalue weighted by molar-refractivity contribution is 7.61. The summed E-state index contributed by atoms with van der Waals surface area (Å²) in [4.78, 5) is 13.0. The number of aliphatic carboxylic acids is 1. The quantitative estimate of drug-likeness (QED) is 0.382. The third kappa shape index (κ3) is 10.4. The molecule has 198 valence electrons. The van der Waals surface area contributed by atoms with Crippen LogP contribution < -0.4 is 0 Å². The zero-order chi connectivity index (χ0) is 27.0. The first kappa shape index (κ1) is 31.3. The number of rotatable bonds is 8. The lowest BCUT2D eigenvalue weighted by Gasteiger charge is -2.39. The van der Waals surface area contributed by atoms with Gasteiger partial charge in [-0.25, -0.2) is 9.18 Å². The third-order valence-electron chi connectivity index (χ3n) is 6.48. The fourth-order valence-electron chi connectivity index (χ4n) is 3.23. The Kier molecular flexibility index (Phi) is 11.6. The van der Waals surface area contributed by atoms with Gasteiger partial charge in [-0.2, -0.15) is 12.8 Å². The molecule has 0 fully saturated rings. The fraction of sp³-hybridized carbons (Fsp3) is 0.625. The lowest BCUT2D eigenvalue weighted by atomic mass is 9.89. The van der Waals surface area contributed by atoms with Gasteiger partial charge in [0.05, 0.1) is 13.2 Å². The van der Waals surface area contributed by atoms with Gasteiger partial charge in [0.2, 0.25) is 0 Å². The molecule has 2 atom stereocenters. The van der Waals surface area contributed by atoms with Crippen LogP contribution in [0.1, 0.15) is 47.5 Å². The van der Waals surface area contributed by atoms with Crippen molar-refractivity contribution in [3.63, 3.8) is 0 Å². The van der Waals surface area contributed by atoms with Gasteiger partial charge in [0.1, 0.15) is 5.67 Å². The van der Waals surface area contributed by atoms with Crippen molar-refractivity contribution < 1.29 is 27.1 Å². The molecule has 1 heterocycles. The zero-order valence-corrected chi connectivity index (χ0v) is 24.2. The van der Waals surface area contributed by atoms with Gasteiger partial charge in [0.25, 0.3) is 0 Å². The molecule has 1 aliphatic heterocycles. The van der Waals surface area contributed by atoms with E-state index in [0.717, 1.165) is 18.2 Å². The molecule has 0 aromatic rings. The molecule has 0 aromatic carbocycles. The summed E-state index contributed by atoms with van der Waals surface area (Å²) in [6.07, 6.45) is 7.53. The summed E-state index contributed by atoms with van der Waals surface area (Å²) in [6.45, 7) is 17.2. The number of nitrogens with zero attached hydrogens (tertiary/aromatic N) is 2. The fourth-order valence-corrected chi connectivity index (χ4v) is 4.79. The van der Waals surface area contributed by atoms with E-state index in [1.165, 1.54) is 23.9 Å². The van der Waals surface area contributed by atoms with Crippen molar-refractivity contribution in [3.8, 4) is 0 Å². The molecule has 35 heavy (non-hydrogen) atoms. The van der Waals surface area contributed by atoms with Gasteiger partial charge in [0.15, 0.2) is 8.32 Å². The number of allylic oxidation sites excluding steroid dienone is 6. The second-order valence-electron chi connectivity index (χ2n) is 10.3. The predicted molar refractivity (Wildman–Crippen MR) is 141 cm³/mol. The Labute approximate surface area is 216 Å². The van der Waals surface area contributed by atoms with Gasteiger partial charge in [-0.3, -0.25) is 0 Å². The van der Waals surface area contributed by atoms with Gasteiger partial charge in [-0.15, -0.1) is 0 Å². The summed E-state index contributed by atoms with van der Waals surface area (Å²) < 4.78 is 43.6. The molecule has 0 bridgehead atoms. The first-order valence-electron chi connectivity index (χ1n) is 11.5. The molecule has 2 aliphatic rings. The van der Waals surface area contributed by atoms with Crippen molar-refractivity contribution in [1.82, 2.24) is 4.90 Å². The molecule has 0 saturated carbocycles. The summed E-state index contributed by atoms with van der Waals surface area (Å²) in [6, 6.07) is 0.381. The number of carboxylic acid groups (broad SMARTS) is 1. The third-order valence-corrected chi connectivity index (χ3v) is 11.6. The summed E-state index contributed by atoms with van der Waals surface area (Å²) >= 11 is 6.02. The van der Waals surface area contributed by atoms with Crippen LogP contribution in [0, 0.1) is 0 Å². The minimum Gasteiger partial charge on any atom is -0.478 e. The number of carbonyl (C=O) groups is 1. The maximum absolute atomic E-state index is 14.0. The maximum Gasteiger partial charge on any atom is 0.331 e. The molecule has 11 heteroatoms. The normalized spacial score (nSPS) is 21.2. The highest BCUT2D eigenvalue weighted by atomic mass is 35.5. The van der Waals surface area contributed by atoms with Crippen LogP contribution in [0.15, 0.2) is 51.0 Å². The molecule has 1 N–H and O–H groups in total. The molecule has 0 radical (unpaired) electrons. The molecule has 0 aromatic heterocycles. The number of carboxylic acids is 1. The number of alkyl halides is 1. The number of halogens is 2. The Balaban J connectivity index is 0.000000355. The van der Waals surface area contributed by atoms with Crippen LogP contribution in [0.25, 0.3) is 0 Å². The van der Waals surface area contributed by atoms with Crippen LogP contribution in [0.3, 0.4) is 0 Å². The Morgan fingerprint density at radius 1 is 1.40 bits per heavy atom. The Bertz CT molecular complexity index is 1020. The van der Waals surface area contributed by atoms with E-state index in [0.29, 0.717) is 6.04 Å². The van der Waals surface area contributed by atoms with E-state index < -0.39 is 30.5 Å². The van der Waals surface area contributed by atoms with Crippen molar-refractivity contribution in [2.75, 3.05) is 19.7 Å².